The SMILES string of the molecule is CCCNCCCOCCCl. The minimum absolute atomic E-state index is 0.600. The van der Waals surface area contributed by atoms with Crippen LogP contribution in [0, 0.1) is 0 Å². The van der Waals surface area contributed by atoms with E-state index < -0.39 is 0 Å². The predicted octanol–water partition coefficient (Wildman–Crippen LogP) is 1.63. The standard InChI is InChI=1S/C8H18ClNO/c1-2-5-10-6-3-7-11-8-4-9/h10H,2-8H2,1H3. The van der Waals surface area contributed by atoms with E-state index in [1.165, 1.54) is 6.42 Å². The third-order valence-electron chi connectivity index (χ3n) is 1.29. The maximum atomic E-state index is 5.42. The second-order valence-corrected chi connectivity index (χ2v) is 2.78. The Morgan fingerprint density at radius 3 is 2.73 bits per heavy atom. The maximum absolute atomic E-state index is 5.42. The van der Waals surface area contributed by atoms with E-state index in [0.29, 0.717) is 12.5 Å². The van der Waals surface area contributed by atoms with Crippen molar-refractivity contribution in [3.05, 3.63) is 0 Å². The number of hydrogen-bond acceptors (Lipinski definition) is 2. The van der Waals surface area contributed by atoms with Gasteiger partial charge in [0.2, 0.25) is 0 Å². The lowest BCUT2D eigenvalue weighted by molar-refractivity contribution is 0.146. The molecule has 11 heavy (non-hydrogen) atoms. The first-order valence-electron chi connectivity index (χ1n) is 4.26. The molecule has 0 aliphatic heterocycles. The van der Waals surface area contributed by atoms with Crippen molar-refractivity contribution in [2.24, 2.45) is 0 Å². The Bertz CT molecular complexity index is 63.1. The summed E-state index contributed by atoms with van der Waals surface area (Å²) in [5.74, 6) is 0.600. The molecule has 2 nitrogen and oxygen atoms in total. The number of ether oxygens (including phenoxy) is 1. The third kappa shape index (κ3) is 10.2. The average Bonchev–Trinajstić information content (AvgIpc) is 2.03. The van der Waals surface area contributed by atoms with Crippen LogP contribution in [0.5, 0.6) is 0 Å². The topological polar surface area (TPSA) is 21.3 Å². The van der Waals surface area contributed by atoms with Crippen molar-refractivity contribution in [1.82, 2.24) is 5.32 Å². The zero-order chi connectivity index (χ0) is 8.36. The second-order valence-electron chi connectivity index (χ2n) is 2.40. The van der Waals surface area contributed by atoms with Crippen molar-refractivity contribution in [2.75, 3.05) is 32.2 Å². The zero-order valence-electron chi connectivity index (χ0n) is 7.24. The number of hydrogen-bond donors (Lipinski definition) is 1. The van der Waals surface area contributed by atoms with E-state index in [2.05, 4.69) is 12.2 Å². The summed E-state index contributed by atoms with van der Waals surface area (Å²) < 4.78 is 5.19. The van der Waals surface area contributed by atoms with Crippen LogP contribution in [0.1, 0.15) is 19.8 Å². The van der Waals surface area contributed by atoms with Crippen LogP contribution >= 0.6 is 11.6 Å². The van der Waals surface area contributed by atoms with Crippen LogP contribution in [-0.4, -0.2) is 32.2 Å². The largest absolute Gasteiger partial charge is 0.380 e. The molecule has 0 unspecified atom stereocenters. The fraction of sp³-hybridized carbons (Fsp3) is 1.00. The first-order valence-corrected chi connectivity index (χ1v) is 4.79. The Kier molecular flexibility index (Phi) is 10.4. The first-order chi connectivity index (χ1) is 5.41. The van der Waals surface area contributed by atoms with E-state index in [9.17, 15) is 0 Å². The summed E-state index contributed by atoms with van der Waals surface area (Å²) in [6.45, 7) is 5.82. The lowest BCUT2D eigenvalue weighted by Crippen LogP contribution is -2.17. The lowest BCUT2D eigenvalue weighted by Gasteiger charge is -2.02. The van der Waals surface area contributed by atoms with E-state index in [0.717, 1.165) is 26.1 Å². The van der Waals surface area contributed by atoms with Gasteiger partial charge in [0.15, 0.2) is 0 Å². The Morgan fingerprint density at radius 1 is 1.27 bits per heavy atom. The van der Waals surface area contributed by atoms with Crippen LogP contribution < -0.4 is 5.32 Å². The molecule has 3 heteroatoms. The predicted molar refractivity (Wildman–Crippen MR) is 49.3 cm³/mol. The molecule has 0 aromatic rings. The molecular formula is C8H18ClNO. The molecule has 0 aromatic carbocycles. The zero-order valence-corrected chi connectivity index (χ0v) is 7.99. The number of rotatable bonds is 8. The minimum Gasteiger partial charge on any atom is -0.380 e. The van der Waals surface area contributed by atoms with Crippen LogP contribution in [0.2, 0.25) is 0 Å². The molecule has 0 saturated carbocycles. The summed E-state index contributed by atoms with van der Waals surface area (Å²) >= 11 is 5.42. The Morgan fingerprint density at radius 2 is 2.09 bits per heavy atom. The smallest absolute Gasteiger partial charge is 0.0601 e. The number of halogens is 1. The van der Waals surface area contributed by atoms with Crippen molar-refractivity contribution in [3.63, 3.8) is 0 Å². The average molecular weight is 180 g/mol. The summed E-state index contributed by atoms with van der Waals surface area (Å²) in [5, 5.41) is 3.30. The van der Waals surface area contributed by atoms with Gasteiger partial charge in [-0.1, -0.05) is 6.92 Å². The van der Waals surface area contributed by atoms with Gasteiger partial charge in [0.05, 0.1) is 6.61 Å². The first kappa shape index (κ1) is 11.2. The molecule has 0 aliphatic rings. The molecule has 0 spiro atoms. The van der Waals surface area contributed by atoms with Gasteiger partial charge in [-0.25, -0.2) is 0 Å². The number of nitrogens with one attached hydrogen (secondary N) is 1. The van der Waals surface area contributed by atoms with Crippen molar-refractivity contribution in [1.29, 1.82) is 0 Å². The highest BCUT2D eigenvalue weighted by molar-refractivity contribution is 6.17. The van der Waals surface area contributed by atoms with Gasteiger partial charge in [-0.3, -0.25) is 0 Å². The molecule has 0 heterocycles. The van der Waals surface area contributed by atoms with Gasteiger partial charge in [0, 0.05) is 12.5 Å². The maximum Gasteiger partial charge on any atom is 0.0601 e. The molecule has 68 valence electrons. The normalized spacial score (nSPS) is 10.4. The monoisotopic (exact) mass is 179 g/mol. The quantitative estimate of drug-likeness (QED) is 0.452. The van der Waals surface area contributed by atoms with Gasteiger partial charge in [-0.15, -0.1) is 11.6 Å². The van der Waals surface area contributed by atoms with Gasteiger partial charge >= 0.3 is 0 Å². The summed E-state index contributed by atoms with van der Waals surface area (Å²) in [5.41, 5.74) is 0. The molecule has 0 saturated heterocycles. The van der Waals surface area contributed by atoms with Gasteiger partial charge in [-0.2, -0.15) is 0 Å². The molecular weight excluding hydrogens is 162 g/mol. The van der Waals surface area contributed by atoms with Crippen molar-refractivity contribution in [3.8, 4) is 0 Å². The van der Waals surface area contributed by atoms with Crippen LogP contribution in [0.15, 0.2) is 0 Å². The van der Waals surface area contributed by atoms with E-state index in [1.807, 2.05) is 0 Å². The third-order valence-corrected chi connectivity index (χ3v) is 1.44. The Hall–Kier alpha value is 0.210. The molecule has 0 rings (SSSR count). The highest BCUT2D eigenvalue weighted by Gasteiger charge is 1.87. The van der Waals surface area contributed by atoms with E-state index in [-0.39, 0.29) is 0 Å². The van der Waals surface area contributed by atoms with Crippen LogP contribution in [-0.2, 0) is 4.74 Å². The molecule has 0 radical (unpaired) electrons. The number of alkyl halides is 1. The molecule has 1 N–H and O–H groups in total. The highest BCUT2D eigenvalue weighted by atomic mass is 35.5. The van der Waals surface area contributed by atoms with Gasteiger partial charge < -0.3 is 10.1 Å². The highest BCUT2D eigenvalue weighted by Crippen LogP contribution is 1.83. The van der Waals surface area contributed by atoms with Crippen molar-refractivity contribution < 1.29 is 4.74 Å². The molecule has 0 amide bonds. The molecule has 0 aromatic heterocycles. The van der Waals surface area contributed by atoms with Crippen molar-refractivity contribution in [2.45, 2.75) is 19.8 Å². The Balaban J connectivity index is 2.69. The fourth-order valence-electron chi connectivity index (χ4n) is 0.758. The Labute approximate surface area is 74.3 Å². The lowest BCUT2D eigenvalue weighted by atomic mass is 10.4. The molecule has 0 aliphatic carbocycles. The summed E-state index contributed by atoms with van der Waals surface area (Å²) in [6.07, 6.45) is 2.28. The molecule has 0 fully saturated rings. The van der Waals surface area contributed by atoms with E-state index in [1.54, 1.807) is 0 Å². The van der Waals surface area contributed by atoms with E-state index in [4.69, 9.17) is 16.3 Å². The van der Waals surface area contributed by atoms with Crippen LogP contribution in [0.3, 0.4) is 0 Å². The molecule has 0 bridgehead atoms. The van der Waals surface area contributed by atoms with Crippen LogP contribution in [0.4, 0.5) is 0 Å². The van der Waals surface area contributed by atoms with Crippen LogP contribution in [0.25, 0.3) is 0 Å². The second kappa shape index (κ2) is 10.2. The van der Waals surface area contributed by atoms with Gasteiger partial charge in [-0.05, 0) is 25.9 Å². The molecule has 0 atom stereocenters. The summed E-state index contributed by atoms with van der Waals surface area (Å²) in [4.78, 5) is 0. The van der Waals surface area contributed by atoms with Gasteiger partial charge in [0.25, 0.3) is 0 Å². The van der Waals surface area contributed by atoms with Crippen molar-refractivity contribution >= 4 is 11.6 Å². The minimum atomic E-state index is 0.600. The summed E-state index contributed by atoms with van der Waals surface area (Å²) in [7, 11) is 0. The summed E-state index contributed by atoms with van der Waals surface area (Å²) in [6, 6.07) is 0. The fourth-order valence-corrected chi connectivity index (χ4v) is 0.867. The van der Waals surface area contributed by atoms with E-state index >= 15 is 0 Å². The van der Waals surface area contributed by atoms with Gasteiger partial charge in [0.1, 0.15) is 0 Å².